The number of sulfone groups is 1. The number of aromatic nitrogens is 5. The molecule has 15 nitrogen and oxygen atoms in total. The Morgan fingerprint density at radius 3 is 2.20 bits per heavy atom. The van der Waals surface area contributed by atoms with E-state index in [1.54, 1.807) is 0 Å². The lowest BCUT2D eigenvalue weighted by atomic mass is 9.93. The summed E-state index contributed by atoms with van der Waals surface area (Å²) in [6, 6.07) is 5.36. The van der Waals surface area contributed by atoms with E-state index in [1.165, 1.54) is 26.0 Å². The van der Waals surface area contributed by atoms with Crippen molar-refractivity contribution in [1.82, 2.24) is 29.9 Å². The molecule has 5 aromatic rings. The minimum absolute atomic E-state index is 0.0680. The zero-order valence-corrected chi connectivity index (χ0v) is 39.4. The number of pyridine rings is 1. The highest BCUT2D eigenvalue weighted by Gasteiger charge is 2.68. The van der Waals surface area contributed by atoms with Gasteiger partial charge in [-0.25, -0.2) is 29.9 Å². The van der Waals surface area contributed by atoms with Crippen molar-refractivity contribution in [2.24, 2.45) is 11.7 Å². The second-order valence-corrected chi connectivity index (χ2v) is 22.5. The molecule has 2 aliphatic rings. The van der Waals surface area contributed by atoms with Gasteiger partial charge >= 0.3 is 18.3 Å². The molecule has 3 atom stereocenters. The number of halogens is 11. The number of alkyl halides is 8. The maximum absolute atomic E-state index is 15.6. The number of sulfonamides is 1. The van der Waals surface area contributed by atoms with Crippen LogP contribution >= 0.6 is 11.6 Å². The van der Waals surface area contributed by atoms with Crippen molar-refractivity contribution < 1.29 is 75.1 Å². The SMILES string of the molecule is CC(C)(CCc1ccc(-c2ccc(Cl)c3c(N(COC(=O)CN)S(C)(=O)=O)nn(CC(F)(F)F)c23)c([C@H](Cc2cc(F)cc(F)c2)NC(=O)Cn2nc(C(F)(F)F)c3c2C(F)(F)[C@@H]2C[C@H]32)n1)S(C)(=O)=O. The second-order valence-electron chi connectivity index (χ2n) is 17.6. The summed E-state index contributed by atoms with van der Waals surface area (Å²) in [6.07, 6.45) is -9.83. The van der Waals surface area contributed by atoms with E-state index in [0.29, 0.717) is 21.3 Å². The number of carbonyl (C=O) groups is 2. The number of hydrogen-bond acceptors (Lipinski definition) is 11. The molecule has 3 heterocycles. The van der Waals surface area contributed by atoms with E-state index in [0.717, 1.165) is 30.5 Å². The smallest absolute Gasteiger partial charge is 0.435 e. The summed E-state index contributed by atoms with van der Waals surface area (Å²) in [5, 5.41) is 8.97. The Bertz CT molecular complexity index is 3120. The molecule has 70 heavy (non-hydrogen) atoms. The average molecular weight is 1060 g/mol. The van der Waals surface area contributed by atoms with Gasteiger partial charge in [-0.2, -0.15) is 45.3 Å². The fourth-order valence-corrected chi connectivity index (χ4v) is 9.75. The lowest BCUT2D eigenvalue weighted by Gasteiger charge is -2.25. The molecule has 0 spiro atoms. The Labute approximate surface area is 397 Å². The summed E-state index contributed by atoms with van der Waals surface area (Å²) in [5.74, 6) is -11.9. The number of rotatable bonds is 17. The third-order valence-corrected chi connectivity index (χ3v) is 15.7. The highest BCUT2D eigenvalue weighted by atomic mass is 35.5. The monoisotopic (exact) mass is 1060 g/mol. The highest BCUT2D eigenvalue weighted by molar-refractivity contribution is 7.92. The second kappa shape index (κ2) is 18.3. The van der Waals surface area contributed by atoms with Crippen LogP contribution in [0.5, 0.6) is 0 Å². The van der Waals surface area contributed by atoms with Gasteiger partial charge in [0.25, 0.3) is 5.92 Å². The first kappa shape index (κ1) is 52.3. The Kier molecular flexibility index (Phi) is 13.6. The molecular formula is C42H41ClF10N8O7S2. The van der Waals surface area contributed by atoms with Gasteiger partial charge in [0, 0.05) is 40.6 Å². The molecule has 0 unspecified atom stereocenters. The summed E-state index contributed by atoms with van der Waals surface area (Å²) in [5.41, 5.74) is 0.281. The van der Waals surface area contributed by atoms with E-state index in [4.69, 9.17) is 27.1 Å². The minimum atomic E-state index is -5.20. The van der Waals surface area contributed by atoms with Crippen LogP contribution in [0.2, 0.25) is 5.02 Å². The molecule has 1 saturated carbocycles. The highest BCUT2D eigenvalue weighted by Crippen LogP contribution is 2.68. The predicted octanol–water partition coefficient (Wildman–Crippen LogP) is 7.10. The fraction of sp³-hybridized carbons (Fsp3) is 0.452. The number of ether oxygens (including phenoxy) is 1. The van der Waals surface area contributed by atoms with E-state index in [9.17, 15) is 61.5 Å². The van der Waals surface area contributed by atoms with E-state index < -0.39 is 156 Å². The van der Waals surface area contributed by atoms with Crippen molar-refractivity contribution in [3.05, 3.63) is 93.0 Å². The molecule has 1 amide bonds. The molecule has 0 radical (unpaired) electrons. The topological polar surface area (TPSA) is 201 Å². The van der Waals surface area contributed by atoms with Crippen LogP contribution in [0.4, 0.5) is 49.7 Å². The van der Waals surface area contributed by atoms with Crippen LogP contribution in [0.15, 0.2) is 42.5 Å². The zero-order valence-electron chi connectivity index (χ0n) is 37.0. The Hall–Kier alpha value is -5.54. The summed E-state index contributed by atoms with van der Waals surface area (Å²) < 4.78 is 203. The normalized spacial score (nSPS) is 17.3. The van der Waals surface area contributed by atoms with Gasteiger partial charge in [0.05, 0.1) is 45.2 Å². The number of nitrogens with two attached hydrogens (primary N) is 1. The predicted molar refractivity (Wildman–Crippen MR) is 232 cm³/mol. The number of amides is 1. The lowest BCUT2D eigenvalue weighted by molar-refractivity contribution is -0.143. The van der Waals surface area contributed by atoms with Gasteiger partial charge < -0.3 is 15.8 Å². The van der Waals surface area contributed by atoms with Crippen LogP contribution in [-0.2, 0) is 72.2 Å². The molecule has 2 aromatic carbocycles. The first-order chi connectivity index (χ1) is 32.2. The maximum atomic E-state index is 15.6. The average Bonchev–Trinajstić information content (AvgIpc) is 3.73. The molecule has 7 rings (SSSR count). The van der Waals surface area contributed by atoms with Gasteiger partial charge in [-0.15, -0.1) is 0 Å². The van der Waals surface area contributed by atoms with Crippen molar-refractivity contribution >= 4 is 60.1 Å². The standard InChI is InChI=1S/C42H41ClF10N8O7S2/c1-39(2,69(3,64)65)10-9-23-5-6-24(25-7-8-28(43)33-35(25)60(18-40(46,47)48)58-38(33)61(70(4,66)67)19-68-31(63)16-54)34(55-23)29(13-20-11-21(44)14-22(45)12-20)56-30(62)17-59-37-32(36(57-59)42(51,52)53)26-15-27(26)41(37,49)50/h5-8,11-12,14,26-27,29H,9-10,13,15-19,54H2,1-4H3,(H,56,62)/t26-,27+,29-/m0/s1. The van der Waals surface area contributed by atoms with Crippen LogP contribution in [0, 0.1) is 17.6 Å². The third kappa shape index (κ3) is 10.6. The quantitative estimate of drug-likeness (QED) is 0.0547. The van der Waals surface area contributed by atoms with Crippen molar-refractivity contribution in [2.75, 3.05) is 30.1 Å². The van der Waals surface area contributed by atoms with E-state index in [1.807, 2.05) is 0 Å². The summed E-state index contributed by atoms with van der Waals surface area (Å²) in [6.45, 7) is -2.22. The minimum Gasteiger partial charge on any atom is -0.442 e. The Morgan fingerprint density at radius 2 is 1.61 bits per heavy atom. The summed E-state index contributed by atoms with van der Waals surface area (Å²) >= 11 is 6.61. The molecule has 0 bridgehead atoms. The Morgan fingerprint density at radius 1 is 0.971 bits per heavy atom. The van der Waals surface area contributed by atoms with Crippen LogP contribution in [0.1, 0.15) is 72.6 Å². The summed E-state index contributed by atoms with van der Waals surface area (Å²) in [4.78, 5) is 30.9. The van der Waals surface area contributed by atoms with Crippen molar-refractivity contribution in [3.63, 3.8) is 0 Å². The number of anilines is 1. The van der Waals surface area contributed by atoms with Gasteiger partial charge in [-0.05, 0) is 75.3 Å². The van der Waals surface area contributed by atoms with E-state index in [2.05, 4.69) is 15.5 Å². The largest absolute Gasteiger partial charge is 0.442 e. The maximum Gasteiger partial charge on any atom is 0.435 e. The molecule has 0 saturated heterocycles. The van der Waals surface area contributed by atoms with Gasteiger partial charge in [0.1, 0.15) is 30.4 Å². The van der Waals surface area contributed by atoms with E-state index >= 15 is 8.78 Å². The first-order valence-corrected chi connectivity index (χ1v) is 24.9. The first-order valence-electron chi connectivity index (χ1n) is 20.8. The Balaban J connectivity index is 1.45. The van der Waals surface area contributed by atoms with Crippen molar-refractivity contribution in [3.8, 4) is 11.1 Å². The molecule has 2 aliphatic carbocycles. The molecular weight excluding hydrogens is 1020 g/mol. The number of esters is 1. The van der Waals surface area contributed by atoms with E-state index in [-0.39, 0.29) is 52.0 Å². The van der Waals surface area contributed by atoms with Gasteiger partial charge in [0.2, 0.25) is 15.9 Å². The summed E-state index contributed by atoms with van der Waals surface area (Å²) in [7, 11) is -8.30. The number of carbonyl (C=O) groups excluding carboxylic acids is 2. The number of aryl methyl sites for hydroxylation is 1. The molecule has 1 fully saturated rings. The molecule has 3 N–H and O–H groups in total. The molecule has 3 aromatic heterocycles. The van der Waals surface area contributed by atoms with Gasteiger partial charge in [0.15, 0.2) is 28.1 Å². The number of hydrogen-bond donors (Lipinski definition) is 2. The number of benzene rings is 2. The van der Waals surface area contributed by atoms with Gasteiger partial charge in [-0.3, -0.25) is 23.9 Å². The lowest BCUT2D eigenvalue weighted by Crippen LogP contribution is -2.35. The molecule has 380 valence electrons. The number of fused-ring (bicyclic) bond motifs is 4. The van der Waals surface area contributed by atoms with Crippen LogP contribution in [-0.4, -0.2) is 90.0 Å². The zero-order chi connectivity index (χ0) is 51.8. The van der Waals surface area contributed by atoms with Crippen LogP contribution in [0.25, 0.3) is 22.0 Å². The van der Waals surface area contributed by atoms with Crippen molar-refractivity contribution in [2.45, 2.75) is 87.6 Å². The number of nitrogens with zero attached hydrogens (tertiary/aromatic N) is 6. The van der Waals surface area contributed by atoms with Crippen LogP contribution in [0.3, 0.4) is 0 Å². The van der Waals surface area contributed by atoms with Crippen LogP contribution < -0.4 is 15.4 Å². The number of nitrogens with one attached hydrogen (secondary N) is 1. The molecule has 0 aliphatic heterocycles. The van der Waals surface area contributed by atoms with Gasteiger partial charge in [-0.1, -0.05) is 23.7 Å². The fourth-order valence-electron chi connectivity index (χ4n) is 8.35. The third-order valence-electron chi connectivity index (χ3n) is 12.1. The molecule has 28 heteroatoms. The van der Waals surface area contributed by atoms with Crippen molar-refractivity contribution in [1.29, 1.82) is 0 Å².